The minimum Gasteiger partial charge on any atom is -0.480 e. The van der Waals surface area contributed by atoms with Crippen LogP contribution in [0.3, 0.4) is 0 Å². The Morgan fingerprint density at radius 3 is 1.00 bits per heavy atom. The Morgan fingerprint density at radius 2 is 0.818 bits per heavy atom. The lowest BCUT2D eigenvalue weighted by molar-refractivity contribution is -0.138. The summed E-state index contributed by atoms with van der Waals surface area (Å²) in [6.45, 7) is 6.03. The molecular weight excluding hydrogens is 486 g/mol. The zero-order valence-corrected chi connectivity index (χ0v) is 21.4. The molecule has 9 N–H and O–H groups in total. The first-order valence-corrected chi connectivity index (χ1v) is 13.6. The number of carboxylic acids is 3. The maximum absolute atomic E-state index is 11.0. The number of carboxylic acid groups (broad SMARTS) is 3. The van der Waals surface area contributed by atoms with Gasteiger partial charge in [-0.3, -0.25) is 14.4 Å². The number of carbonyl (C=O) groups is 3. The minimum absolute atomic E-state index is 0.275. The van der Waals surface area contributed by atoms with Crippen LogP contribution in [0.2, 0.25) is 0 Å². The second-order valence-electron chi connectivity index (χ2n) is 7.69. The standard InChI is InChI=1S/C21H33N3O6S3/c1-10-13(4-31-7-16(22)19(25)26)11(2)15(6-33-9-18(24)21(29)30)12(3)14(10)5-32-8-17(23)20(27)28/h16-18H,4-9,22-24H2,1-3H3,(H,25,26)(H,27,28)(H,29,30)/t16-,17-,18-/m0/s1. The molecule has 0 saturated heterocycles. The molecule has 1 rings (SSSR count). The molecule has 3 atom stereocenters. The van der Waals surface area contributed by atoms with Gasteiger partial charge in [0, 0.05) is 34.5 Å². The van der Waals surface area contributed by atoms with Crippen molar-refractivity contribution >= 4 is 53.2 Å². The Kier molecular flexibility index (Phi) is 12.6. The Balaban J connectivity index is 3.16. The van der Waals surface area contributed by atoms with E-state index in [1.54, 1.807) is 0 Å². The molecule has 1 aromatic carbocycles. The molecule has 186 valence electrons. The summed E-state index contributed by atoms with van der Waals surface area (Å²) < 4.78 is 0. The molecule has 0 spiro atoms. The highest BCUT2D eigenvalue weighted by Gasteiger charge is 2.20. The highest BCUT2D eigenvalue weighted by Crippen LogP contribution is 2.34. The van der Waals surface area contributed by atoms with Crippen molar-refractivity contribution in [1.29, 1.82) is 0 Å². The van der Waals surface area contributed by atoms with E-state index in [9.17, 15) is 14.4 Å². The summed E-state index contributed by atoms with van der Waals surface area (Å²) in [7, 11) is 0. The van der Waals surface area contributed by atoms with Crippen molar-refractivity contribution in [3.8, 4) is 0 Å². The molecule has 0 aliphatic heterocycles. The zero-order chi connectivity index (χ0) is 25.3. The predicted octanol–water partition coefficient (Wildman–Crippen LogP) is 1.55. The normalized spacial score (nSPS) is 14.0. The number of hydrogen-bond donors (Lipinski definition) is 6. The lowest BCUT2D eigenvalue weighted by atomic mass is 9.90. The summed E-state index contributed by atoms with van der Waals surface area (Å²) >= 11 is 4.33. The van der Waals surface area contributed by atoms with Crippen molar-refractivity contribution in [1.82, 2.24) is 0 Å². The molecule has 0 fully saturated rings. The van der Waals surface area contributed by atoms with Gasteiger partial charge in [0.2, 0.25) is 0 Å². The lowest BCUT2D eigenvalue weighted by Crippen LogP contribution is -2.32. The molecular formula is C21H33N3O6S3. The summed E-state index contributed by atoms with van der Waals surface area (Å²) in [5.41, 5.74) is 23.4. The van der Waals surface area contributed by atoms with E-state index in [-0.39, 0.29) is 17.3 Å². The summed E-state index contributed by atoms with van der Waals surface area (Å²) in [6, 6.07) is -2.83. The topological polar surface area (TPSA) is 190 Å². The summed E-state index contributed by atoms with van der Waals surface area (Å²) in [4.78, 5) is 33.1. The van der Waals surface area contributed by atoms with Gasteiger partial charge in [-0.25, -0.2) is 0 Å². The number of nitrogens with two attached hydrogens (primary N) is 3. The van der Waals surface area contributed by atoms with Crippen LogP contribution in [0.25, 0.3) is 0 Å². The Hall–Kier alpha value is -1.44. The van der Waals surface area contributed by atoms with Gasteiger partial charge in [0.15, 0.2) is 0 Å². The quantitative estimate of drug-likeness (QED) is 0.196. The van der Waals surface area contributed by atoms with E-state index in [1.807, 2.05) is 20.8 Å². The lowest BCUT2D eigenvalue weighted by Gasteiger charge is -2.23. The average molecular weight is 520 g/mol. The van der Waals surface area contributed by atoms with E-state index >= 15 is 0 Å². The molecule has 0 unspecified atom stereocenters. The molecule has 0 radical (unpaired) electrons. The van der Waals surface area contributed by atoms with Crippen molar-refractivity contribution in [2.75, 3.05) is 17.3 Å². The van der Waals surface area contributed by atoms with Crippen LogP contribution in [-0.4, -0.2) is 68.6 Å². The van der Waals surface area contributed by atoms with Gasteiger partial charge in [-0.2, -0.15) is 35.3 Å². The fourth-order valence-electron chi connectivity index (χ4n) is 3.12. The molecule has 33 heavy (non-hydrogen) atoms. The highest BCUT2D eigenvalue weighted by atomic mass is 32.2. The SMILES string of the molecule is Cc1c(CSC[C@H](N)C(=O)O)c(C)c(CSC[C@H](N)C(=O)O)c(C)c1CSC[C@H](N)C(=O)O. The van der Waals surface area contributed by atoms with Crippen molar-refractivity contribution in [2.24, 2.45) is 17.2 Å². The molecule has 0 saturated carbocycles. The molecule has 0 bridgehead atoms. The third-order valence-corrected chi connectivity index (χ3v) is 8.56. The van der Waals surface area contributed by atoms with Crippen LogP contribution in [-0.2, 0) is 31.6 Å². The maximum Gasteiger partial charge on any atom is 0.321 e. The maximum atomic E-state index is 11.0. The number of benzene rings is 1. The highest BCUT2D eigenvalue weighted by molar-refractivity contribution is 7.99. The predicted molar refractivity (Wildman–Crippen MR) is 136 cm³/mol. The minimum atomic E-state index is -1.04. The van der Waals surface area contributed by atoms with Crippen LogP contribution in [0.15, 0.2) is 0 Å². The van der Waals surface area contributed by atoms with E-state index < -0.39 is 36.0 Å². The molecule has 0 amide bonds. The van der Waals surface area contributed by atoms with Crippen LogP contribution in [0.4, 0.5) is 0 Å². The smallest absolute Gasteiger partial charge is 0.321 e. The van der Waals surface area contributed by atoms with Crippen LogP contribution in [0.1, 0.15) is 33.4 Å². The summed E-state index contributed by atoms with van der Waals surface area (Å²) in [5, 5.41) is 27.1. The van der Waals surface area contributed by atoms with Crippen LogP contribution < -0.4 is 17.2 Å². The monoisotopic (exact) mass is 519 g/mol. The number of thioether (sulfide) groups is 3. The van der Waals surface area contributed by atoms with Crippen molar-refractivity contribution in [2.45, 2.75) is 56.2 Å². The Morgan fingerprint density at radius 1 is 0.606 bits per heavy atom. The van der Waals surface area contributed by atoms with E-state index in [2.05, 4.69) is 0 Å². The fourth-order valence-corrected chi connectivity index (χ4v) is 6.57. The first-order valence-electron chi connectivity index (χ1n) is 10.2. The number of hydrogen-bond acceptors (Lipinski definition) is 9. The fraction of sp³-hybridized carbons (Fsp3) is 0.571. The Labute approximate surface area is 206 Å². The number of rotatable bonds is 15. The van der Waals surface area contributed by atoms with Gasteiger partial charge in [0.1, 0.15) is 18.1 Å². The third-order valence-electron chi connectivity index (χ3n) is 5.30. The van der Waals surface area contributed by atoms with Gasteiger partial charge in [-0.1, -0.05) is 0 Å². The molecule has 0 heterocycles. The molecule has 9 nitrogen and oxygen atoms in total. The van der Waals surface area contributed by atoms with Gasteiger partial charge >= 0.3 is 17.9 Å². The van der Waals surface area contributed by atoms with Gasteiger partial charge in [-0.15, -0.1) is 0 Å². The number of aliphatic carboxylic acids is 3. The van der Waals surface area contributed by atoms with E-state index in [0.29, 0.717) is 17.3 Å². The largest absolute Gasteiger partial charge is 0.480 e. The molecule has 12 heteroatoms. The van der Waals surface area contributed by atoms with Gasteiger partial charge in [0.05, 0.1) is 0 Å². The molecule has 0 aromatic heterocycles. The van der Waals surface area contributed by atoms with Crippen molar-refractivity contribution < 1.29 is 29.7 Å². The van der Waals surface area contributed by atoms with Crippen LogP contribution in [0.5, 0.6) is 0 Å². The van der Waals surface area contributed by atoms with Crippen LogP contribution in [0, 0.1) is 20.8 Å². The second kappa shape index (κ2) is 14.1. The average Bonchev–Trinajstić information content (AvgIpc) is 2.74. The van der Waals surface area contributed by atoms with E-state index in [1.165, 1.54) is 35.3 Å². The van der Waals surface area contributed by atoms with Crippen molar-refractivity contribution in [3.63, 3.8) is 0 Å². The second-order valence-corrected chi connectivity index (χ2v) is 10.8. The van der Waals surface area contributed by atoms with Crippen LogP contribution >= 0.6 is 35.3 Å². The molecule has 1 aromatic rings. The van der Waals surface area contributed by atoms with Gasteiger partial charge in [0.25, 0.3) is 0 Å². The zero-order valence-electron chi connectivity index (χ0n) is 19.0. The van der Waals surface area contributed by atoms with Crippen molar-refractivity contribution in [3.05, 3.63) is 33.4 Å². The van der Waals surface area contributed by atoms with E-state index in [0.717, 1.165) is 33.4 Å². The van der Waals surface area contributed by atoms with E-state index in [4.69, 9.17) is 32.5 Å². The first kappa shape index (κ1) is 29.6. The molecule has 0 aliphatic rings. The van der Waals surface area contributed by atoms with Gasteiger partial charge < -0.3 is 32.5 Å². The first-order chi connectivity index (χ1) is 15.4. The van der Waals surface area contributed by atoms with Gasteiger partial charge in [-0.05, 0) is 54.2 Å². The summed E-state index contributed by atoms with van der Waals surface area (Å²) in [6.07, 6.45) is 0. The molecule has 0 aliphatic carbocycles. The Bertz CT molecular complexity index is 738. The summed E-state index contributed by atoms with van der Waals surface area (Å²) in [5.74, 6) is -0.561. The third kappa shape index (κ3) is 9.02.